The summed E-state index contributed by atoms with van der Waals surface area (Å²) in [5, 5.41) is 2.96. The van der Waals surface area contributed by atoms with Crippen molar-refractivity contribution in [3.63, 3.8) is 0 Å². The summed E-state index contributed by atoms with van der Waals surface area (Å²) >= 11 is 0. The molecule has 5 nitrogen and oxygen atoms in total. The van der Waals surface area contributed by atoms with Crippen molar-refractivity contribution in [3.8, 4) is 5.75 Å². The summed E-state index contributed by atoms with van der Waals surface area (Å²) in [4.78, 5) is 15.0. The Morgan fingerprint density at radius 2 is 1.85 bits per heavy atom. The second kappa shape index (κ2) is 7.68. The highest BCUT2D eigenvalue weighted by molar-refractivity contribution is 6.09. The average molecular weight is 362 g/mol. The van der Waals surface area contributed by atoms with E-state index in [1.807, 2.05) is 55.5 Å². The van der Waals surface area contributed by atoms with Crippen molar-refractivity contribution >= 4 is 23.4 Å². The van der Waals surface area contributed by atoms with E-state index in [0.717, 1.165) is 54.6 Å². The number of nitrogens with one attached hydrogen (secondary N) is 1. The van der Waals surface area contributed by atoms with Crippen LogP contribution >= 0.6 is 0 Å². The van der Waals surface area contributed by atoms with E-state index in [9.17, 15) is 4.79 Å². The summed E-state index contributed by atoms with van der Waals surface area (Å²) in [5.74, 6) is 0.581. The molecule has 0 aliphatic carbocycles. The zero-order valence-electron chi connectivity index (χ0n) is 15.3. The van der Waals surface area contributed by atoms with Gasteiger partial charge in [0.1, 0.15) is 5.75 Å². The number of anilines is 2. The van der Waals surface area contributed by atoms with E-state index < -0.39 is 0 Å². The quantitative estimate of drug-likeness (QED) is 0.903. The molecule has 27 heavy (non-hydrogen) atoms. The van der Waals surface area contributed by atoms with Crippen LogP contribution < -0.4 is 15.0 Å². The summed E-state index contributed by atoms with van der Waals surface area (Å²) < 4.78 is 11.0. The second-order valence-electron chi connectivity index (χ2n) is 6.66. The van der Waals surface area contributed by atoms with Crippen LogP contribution in [0, 0.1) is 6.92 Å². The molecule has 138 valence electrons. The third-order valence-electron chi connectivity index (χ3n) is 4.68. The number of ether oxygens (including phenoxy) is 2. The molecule has 0 unspecified atom stereocenters. The van der Waals surface area contributed by atoms with Crippen LogP contribution in [0.3, 0.4) is 0 Å². The number of morpholine rings is 1. The monoisotopic (exact) mass is 362 g/mol. The number of carbonyl (C=O) groups is 1. The van der Waals surface area contributed by atoms with Crippen LogP contribution in [0.5, 0.6) is 5.75 Å². The molecule has 2 aromatic carbocycles. The SMILES string of the molecule is Cc1ccc2c(c1)C=C(C(=O)Nc1ccc(N3CCOCC3)cc1)C=CO2. The van der Waals surface area contributed by atoms with E-state index in [-0.39, 0.29) is 5.91 Å². The number of benzene rings is 2. The highest BCUT2D eigenvalue weighted by Crippen LogP contribution is 2.26. The molecule has 2 heterocycles. The molecule has 0 atom stereocenters. The predicted molar refractivity (Wildman–Crippen MR) is 107 cm³/mol. The molecule has 0 radical (unpaired) electrons. The van der Waals surface area contributed by atoms with Gasteiger partial charge in [-0.05, 0) is 55.5 Å². The lowest BCUT2D eigenvalue weighted by molar-refractivity contribution is -0.112. The molecular formula is C22H22N2O3. The van der Waals surface area contributed by atoms with E-state index in [1.54, 1.807) is 12.3 Å². The zero-order chi connectivity index (χ0) is 18.6. The van der Waals surface area contributed by atoms with E-state index >= 15 is 0 Å². The molecule has 2 aliphatic rings. The van der Waals surface area contributed by atoms with Crippen LogP contribution in [0.4, 0.5) is 11.4 Å². The van der Waals surface area contributed by atoms with Crippen molar-refractivity contribution in [1.29, 1.82) is 0 Å². The summed E-state index contributed by atoms with van der Waals surface area (Å²) in [6.45, 7) is 5.30. The number of aryl methyl sites for hydroxylation is 1. The lowest BCUT2D eigenvalue weighted by Crippen LogP contribution is -2.36. The molecule has 0 aromatic heterocycles. The van der Waals surface area contributed by atoms with Crippen LogP contribution in [0.2, 0.25) is 0 Å². The van der Waals surface area contributed by atoms with Crippen molar-refractivity contribution in [2.75, 3.05) is 36.5 Å². The molecule has 5 heteroatoms. The molecule has 1 amide bonds. The number of amides is 1. The minimum absolute atomic E-state index is 0.164. The molecule has 1 saturated heterocycles. The maximum atomic E-state index is 12.7. The number of hydrogen-bond acceptors (Lipinski definition) is 4. The third-order valence-corrected chi connectivity index (χ3v) is 4.68. The summed E-state index contributed by atoms with van der Waals surface area (Å²) in [6, 6.07) is 13.8. The maximum absolute atomic E-state index is 12.7. The second-order valence-corrected chi connectivity index (χ2v) is 6.66. The molecule has 4 rings (SSSR count). The van der Waals surface area contributed by atoms with Gasteiger partial charge in [-0.3, -0.25) is 4.79 Å². The van der Waals surface area contributed by atoms with Crippen LogP contribution in [0.1, 0.15) is 11.1 Å². The van der Waals surface area contributed by atoms with Gasteiger partial charge in [-0.2, -0.15) is 0 Å². The summed E-state index contributed by atoms with van der Waals surface area (Å²) in [7, 11) is 0. The topological polar surface area (TPSA) is 50.8 Å². The van der Waals surface area contributed by atoms with Gasteiger partial charge >= 0.3 is 0 Å². The smallest absolute Gasteiger partial charge is 0.255 e. The van der Waals surface area contributed by atoms with Crippen LogP contribution in [0.15, 0.2) is 60.4 Å². The van der Waals surface area contributed by atoms with E-state index in [4.69, 9.17) is 9.47 Å². The third kappa shape index (κ3) is 4.04. The van der Waals surface area contributed by atoms with Crippen LogP contribution in [-0.2, 0) is 9.53 Å². The van der Waals surface area contributed by atoms with Gasteiger partial charge in [0.05, 0.1) is 19.5 Å². The number of hydrogen-bond donors (Lipinski definition) is 1. The number of fused-ring (bicyclic) bond motifs is 1. The number of carbonyl (C=O) groups excluding carboxylic acids is 1. The van der Waals surface area contributed by atoms with E-state index in [1.165, 1.54) is 0 Å². The number of rotatable bonds is 3. The maximum Gasteiger partial charge on any atom is 0.255 e. The van der Waals surface area contributed by atoms with Gasteiger partial charge in [0.2, 0.25) is 0 Å². The highest BCUT2D eigenvalue weighted by Gasteiger charge is 2.14. The first-order chi connectivity index (χ1) is 13.2. The fourth-order valence-corrected chi connectivity index (χ4v) is 3.21. The minimum Gasteiger partial charge on any atom is -0.464 e. The Labute approximate surface area is 158 Å². The van der Waals surface area contributed by atoms with E-state index in [2.05, 4.69) is 10.2 Å². The fourth-order valence-electron chi connectivity index (χ4n) is 3.21. The molecule has 2 aromatic rings. The van der Waals surface area contributed by atoms with Crippen molar-refractivity contribution in [1.82, 2.24) is 0 Å². The largest absolute Gasteiger partial charge is 0.464 e. The van der Waals surface area contributed by atoms with Gasteiger partial charge in [0.25, 0.3) is 5.91 Å². The molecule has 0 bridgehead atoms. The molecule has 2 aliphatic heterocycles. The molecule has 0 spiro atoms. The minimum atomic E-state index is -0.164. The first-order valence-corrected chi connectivity index (χ1v) is 9.09. The van der Waals surface area contributed by atoms with Crippen molar-refractivity contribution in [3.05, 3.63) is 71.5 Å². The molecular weight excluding hydrogens is 340 g/mol. The predicted octanol–water partition coefficient (Wildman–Crippen LogP) is 3.76. The lowest BCUT2D eigenvalue weighted by atomic mass is 10.1. The van der Waals surface area contributed by atoms with Gasteiger partial charge in [0.15, 0.2) is 0 Å². The van der Waals surface area contributed by atoms with E-state index in [0.29, 0.717) is 5.57 Å². The Bertz CT molecular complexity index is 894. The zero-order valence-corrected chi connectivity index (χ0v) is 15.3. The average Bonchev–Trinajstić information content (AvgIpc) is 2.91. The van der Waals surface area contributed by atoms with Gasteiger partial charge < -0.3 is 19.7 Å². The number of nitrogens with zero attached hydrogens (tertiary/aromatic N) is 1. The summed E-state index contributed by atoms with van der Waals surface area (Å²) in [5.41, 5.74) is 4.47. The summed E-state index contributed by atoms with van der Waals surface area (Å²) in [6.07, 6.45) is 5.09. The molecule has 0 saturated carbocycles. The standard InChI is InChI=1S/C22H22N2O3/c1-16-2-7-21-18(14-16)15-17(8-11-27-21)22(25)23-19-3-5-20(6-4-19)24-9-12-26-13-10-24/h2-8,11,14-15H,9-10,12-13H2,1H3,(H,23,25). The first-order valence-electron chi connectivity index (χ1n) is 9.09. The van der Waals surface area contributed by atoms with Gasteiger partial charge in [-0.15, -0.1) is 0 Å². The van der Waals surface area contributed by atoms with Gasteiger partial charge in [-0.25, -0.2) is 0 Å². The van der Waals surface area contributed by atoms with Crippen LogP contribution in [-0.4, -0.2) is 32.2 Å². The van der Waals surface area contributed by atoms with Crippen molar-refractivity contribution < 1.29 is 14.3 Å². The fraction of sp³-hybridized carbons (Fsp3) is 0.227. The molecule has 1 fully saturated rings. The Balaban J connectivity index is 1.48. The first kappa shape index (κ1) is 17.4. The Hall–Kier alpha value is -3.05. The van der Waals surface area contributed by atoms with Crippen molar-refractivity contribution in [2.45, 2.75) is 6.92 Å². The van der Waals surface area contributed by atoms with Gasteiger partial charge in [-0.1, -0.05) is 11.6 Å². The van der Waals surface area contributed by atoms with Crippen molar-refractivity contribution in [2.24, 2.45) is 0 Å². The lowest BCUT2D eigenvalue weighted by Gasteiger charge is -2.28. The molecule has 1 N–H and O–H groups in total. The Morgan fingerprint density at radius 3 is 2.63 bits per heavy atom. The van der Waals surface area contributed by atoms with Gasteiger partial charge in [0, 0.05) is 35.6 Å². The van der Waals surface area contributed by atoms with Crippen LogP contribution in [0.25, 0.3) is 6.08 Å². The Kier molecular flexibility index (Phi) is 4.94. The Morgan fingerprint density at radius 1 is 1.07 bits per heavy atom. The highest BCUT2D eigenvalue weighted by atomic mass is 16.5. The normalized spacial score (nSPS) is 16.0.